The van der Waals surface area contributed by atoms with Crippen LogP contribution in [0.2, 0.25) is 0 Å². The van der Waals surface area contributed by atoms with Crippen molar-refractivity contribution in [3.8, 4) is 0 Å². The molecule has 2 amide bonds. The van der Waals surface area contributed by atoms with Crippen LogP contribution < -0.4 is 10.7 Å². The number of methoxy groups -OCH3 is 1. The quantitative estimate of drug-likeness (QED) is 0.285. The highest BCUT2D eigenvalue weighted by atomic mass is 16.6. The Morgan fingerprint density at radius 1 is 1.11 bits per heavy atom. The molecule has 9 heteroatoms. The van der Waals surface area contributed by atoms with Crippen LogP contribution in [-0.2, 0) is 26.5 Å². The largest absolute Gasteiger partial charge is 0.375 e. The maximum absolute atomic E-state index is 13.4. The van der Waals surface area contributed by atoms with Crippen LogP contribution >= 0.6 is 0 Å². The Labute approximate surface area is 217 Å². The molecule has 38 heavy (non-hydrogen) atoms. The number of likely N-dealkylation sites (N-methyl/N-ethyl adjacent to an activating group) is 1. The highest BCUT2D eigenvalue weighted by Crippen LogP contribution is 2.54. The number of para-hydroxylation sites is 2. The number of nitrogens with one attached hydrogen (secondary N) is 2. The number of benzene rings is 3. The summed E-state index contributed by atoms with van der Waals surface area (Å²) in [4.78, 5) is 24.9. The smallest absolute Gasteiger partial charge is 0.252 e. The molecule has 8 rings (SSSR count). The summed E-state index contributed by atoms with van der Waals surface area (Å²) in [6.07, 6.45) is 0.499. The summed E-state index contributed by atoms with van der Waals surface area (Å²) in [5.74, 6) is -0.0384. The van der Waals surface area contributed by atoms with E-state index in [-0.39, 0.29) is 18.2 Å². The number of carbonyl (C=O) groups excluding carboxylic acids is 2. The minimum Gasteiger partial charge on any atom is -0.375 e. The Hall–Kier alpha value is -3.92. The monoisotopic (exact) mass is 509 g/mol. The summed E-state index contributed by atoms with van der Waals surface area (Å²) in [5, 5.41) is 9.08. The lowest BCUT2D eigenvalue weighted by molar-refractivity contribution is -0.269. The van der Waals surface area contributed by atoms with E-state index in [1.54, 1.807) is 7.11 Å². The fourth-order valence-corrected chi connectivity index (χ4v) is 7.57. The van der Waals surface area contributed by atoms with Gasteiger partial charge in [0.2, 0.25) is 6.41 Å². The normalized spacial score (nSPS) is 26.0. The maximum Gasteiger partial charge on any atom is 0.252 e. The van der Waals surface area contributed by atoms with E-state index in [0.29, 0.717) is 19.4 Å². The molecule has 5 heterocycles. The van der Waals surface area contributed by atoms with Gasteiger partial charge in [0.25, 0.3) is 5.91 Å². The lowest BCUT2D eigenvalue weighted by Crippen LogP contribution is -2.62. The number of rotatable bonds is 4. The highest BCUT2D eigenvalue weighted by Gasteiger charge is 2.54. The third-order valence-corrected chi connectivity index (χ3v) is 8.95. The van der Waals surface area contributed by atoms with Crippen LogP contribution in [0.3, 0.4) is 0 Å². The summed E-state index contributed by atoms with van der Waals surface area (Å²) >= 11 is 0. The molecule has 0 radical (unpaired) electrons. The molecule has 0 saturated carbocycles. The van der Waals surface area contributed by atoms with Crippen LogP contribution in [0.5, 0.6) is 0 Å². The predicted molar refractivity (Wildman–Crippen MR) is 144 cm³/mol. The molecule has 0 spiro atoms. The van der Waals surface area contributed by atoms with Crippen molar-refractivity contribution in [2.24, 2.45) is 0 Å². The number of hydrogen-bond donors (Lipinski definition) is 2. The van der Waals surface area contributed by atoms with Crippen LogP contribution in [0, 0.1) is 0 Å². The Morgan fingerprint density at radius 2 is 1.82 bits per heavy atom. The van der Waals surface area contributed by atoms with Gasteiger partial charge in [-0.05, 0) is 24.6 Å². The van der Waals surface area contributed by atoms with Crippen molar-refractivity contribution in [3.63, 3.8) is 0 Å². The molecule has 1 fully saturated rings. The second-order valence-corrected chi connectivity index (χ2v) is 10.7. The van der Waals surface area contributed by atoms with Crippen molar-refractivity contribution in [2.75, 3.05) is 14.2 Å². The number of fused-ring (bicyclic) bond motifs is 13. The molecule has 192 valence electrons. The molecule has 9 nitrogen and oxygen atoms in total. The first-order chi connectivity index (χ1) is 18.5. The number of hydrazine groups is 1. The lowest BCUT2D eigenvalue weighted by Gasteiger charge is -2.50. The van der Waals surface area contributed by atoms with Gasteiger partial charge < -0.3 is 23.9 Å². The molecule has 2 N–H and O–H groups in total. The number of aromatic nitrogens is 2. The van der Waals surface area contributed by atoms with Gasteiger partial charge in [-0.25, -0.2) is 5.01 Å². The van der Waals surface area contributed by atoms with E-state index in [0.717, 1.165) is 54.7 Å². The third kappa shape index (κ3) is 2.42. The summed E-state index contributed by atoms with van der Waals surface area (Å²) < 4.78 is 17.9. The van der Waals surface area contributed by atoms with Crippen molar-refractivity contribution in [1.82, 2.24) is 24.9 Å². The number of ether oxygens (including phenoxy) is 2. The number of carbonyl (C=O) groups is 2. The Kier molecular flexibility index (Phi) is 4.27. The van der Waals surface area contributed by atoms with Gasteiger partial charge in [0.15, 0.2) is 5.72 Å². The second kappa shape index (κ2) is 7.35. The van der Waals surface area contributed by atoms with E-state index >= 15 is 0 Å². The fourth-order valence-electron chi connectivity index (χ4n) is 7.57. The van der Waals surface area contributed by atoms with E-state index in [1.807, 2.05) is 36.3 Å². The van der Waals surface area contributed by atoms with Crippen LogP contribution in [0.25, 0.3) is 43.6 Å². The van der Waals surface area contributed by atoms with E-state index in [9.17, 15) is 9.59 Å². The van der Waals surface area contributed by atoms with Gasteiger partial charge in [-0.2, -0.15) is 0 Å². The van der Waals surface area contributed by atoms with Gasteiger partial charge in [-0.3, -0.25) is 15.0 Å². The Morgan fingerprint density at radius 3 is 2.55 bits per heavy atom. The molecule has 4 unspecified atom stereocenters. The highest BCUT2D eigenvalue weighted by molar-refractivity contribution is 6.31. The van der Waals surface area contributed by atoms with Gasteiger partial charge in [0.1, 0.15) is 12.3 Å². The maximum atomic E-state index is 13.4. The number of hydrogen-bond acceptors (Lipinski definition) is 5. The first kappa shape index (κ1) is 22.1. The first-order valence-electron chi connectivity index (χ1n) is 12.9. The van der Waals surface area contributed by atoms with Gasteiger partial charge in [0.05, 0.1) is 33.7 Å². The lowest BCUT2D eigenvalue weighted by atomic mass is 9.92. The van der Waals surface area contributed by atoms with Crippen molar-refractivity contribution in [1.29, 1.82) is 0 Å². The molecule has 2 aromatic heterocycles. The molecule has 3 aromatic carbocycles. The van der Waals surface area contributed by atoms with Crippen LogP contribution in [0.1, 0.15) is 35.5 Å². The van der Waals surface area contributed by atoms with E-state index < -0.39 is 11.8 Å². The van der Waals surface area contributed by atoms with Gasteiger partial charge in [0, 0.05) is 48.7 Å². The van der Waals surface area contributed by atoms with Gasteiger partial charge in [-0.1, -0.05) is 36.4 Å². The Balaban J connectivity index is 1.64. The van der Waals surface area contributed by atoms with Crippen LogP contribution in [0.15, 0.2) is 48.5 Å². The fraction of sp³-hybridized carbons (Fsp3) is 0.310. The van der Waals surface area contributed by atoms with Crippen molar-refractivity contribution < 1.29 is 19.1 Å². The summed E-state index contributed by atoms with van der Waals surface area (Å²) in [7, 11) is 3.57. The van der Waals surface area contributed by atoms with Gasteiger partial charge in [-0.15, -0.1) is 0 Å². The predicted octanol–water partition coefficient (Wildman–Crippen LogP) is 3.73. The summed E-state index contributed by atoms with van der Waals surface area (Å²) in [5.41, 5.74) is 7.78. The second-order valence-electron chi connectivity index (χ2n) is 10.7. The minimum absolute atomic E-state index is 0.0384. The minimum atomic E-state index is -0.917. The van der Waals surface area contributed by atoms with Crippen LogP contribution in [-0.4, -0.2) is 52.8 Å². The molecule has 2 bridgehead atoms. The zero-order valence-corrected chi connectivity index (χ0v) is 21.3. The zero-order chi connectivity index (χ0) is 25.9. The van der Waals surface area contributed by atoms with Crippen molar-refractivity contribution in [2.45, 2.75) is 44.0 Å². The van der Waals surface area contributed by atoms with Crippen LogP contribution in [0.4, 0.5) is 0 Å². The molecule has 1 saturated heterocycles. The molecule has 4 atom stereocenters. The van der Waals surface area contributed by atoms with Crippen molar-refractivity contribution >= 4 is 55.9 Å². The molecule has 0 aliphatic carbocycles. The zero-order valence-electron chi connectivity index (χ0n) is 21.3. The summed E-state index contributed by atoms with van der Waals surface area (Å²) in [6.45, 7) is 2.56. The average Bonchev–Trinajstić information content (AvgIpc) is 3.56. The van der Waals surface area contributed by atoms with E-state index in [1.165, 1.54) is 0 Å². The SMILES string of the molecule is COC1C(N(C)NC=O)CC2OC1(C)n1c3ccccc3c3c4c(c5c6ccccc6n2c5c31)C(=O)NC4. The Bertz CT molecular complexity index is 1850. The third-order valence-electron chi connectivity index (χ3n) is 8.95. The standard InChI is InChI=1S/C29H27N5O4/c1-29-27(37-3)20(32(2)31-14-35)12-21(38-29)33-18-10-6-4-8-15(18)23-24-17(13-30-28(24)36)22-16-9-5-7-11-19(16)34(29)26(22)25(23)33/h4-11,14,20-21,27H,12-13H2,1-3H3,(H,30,36)(H,31,35). The molecule has 3 aliphatic rings. The summed E-state index contributed by atoms with van der Waals surface area (Å²) in [6, 6.07) is 16.4. The first-order valence-corrected chi connectivity index (χ1v) is 12.9. The molecule has 5 aromatic rings. The van der Waals surface area contributed by atoms with Gasteiger partial charge >= 0.3 is 0 Å². The molecular formula is C29H27N5O4. The molecular weight excluding hydrogens is 482 g/mol. The molecule has 3 aliphatic heterocycles. The number of amides is 2. The topological polar surface area (TPSA) is 89.8 Å². The number of nitrogens with zero attached hydrogens (tertiary/aromatic N) is 3. The van der Waals surface area contributed by atoms with E-state index in [4.69, 9.17) is 9.47 Å². The van der Waals surface area contributed by atoms with E-state index in [2.05, 4.69) is 51.1 Å². The average molecular weight is 510 g/mol. The van der Waals surface area contributed by atoms with Crippen molar-refractivity contribution in [3.05, 3.63) is 59.7 Å².